The predicted octanol–water partition coefficient (Wildman–Crippen LogP) is 5.69. The molecule has 146 valence electrons. The lowest BCUT2D eigenvalue weighted by Gasteiger charge is -2.32. The number of piperidine rings is 1. The second-order valence-electron chi connectivity index (χ2n) is 8.53. The van der Waals surface area contributed by atoms with Crippen molar-refractivity contribution in [2.24, 2.45) is 0 Å². The number of aromatic amines is 1. The molecule has 1 aromatic heterocycles. The Morgan fingerprint density at radius 1 is 1.33 bits per heavy atom. The van der Waals surface area contributed by atoms with Crippen molar-refractivity contribution in [2.45, 2.75) is 64.9 Å². The lowest BCUT2D eigenvalue weighted by molar-refractivity contribution is -0.132. The number of amides is 2. The van der Waals surface area contributed by atoms with Gasteiger partial charge in [0, 0.05) is 23.9 Å². The van der Waals surface area contributed by atoms with Crippen molar-refractivity contribution in [3.8, 4) is 0 Å². The fraction of sp³-hybridized carbons (Fsp3) is 0.524. The third kappa shape index (κ3) is 4.21. The number of ether oxygens (including phenoxy) is 1. The molecule has 5 nitrogen and oxygen atoms in total. The molecular formula is C21H27BrN2O3. The number of likely N-dealkylation sites (tertiary alicyclic amines) is 1. The number of aromatic nitrogens is 1. The minimum atomic E-state index is -0.603. The molecule has 1 atom stereocenters. The Bertz CT molecular complexity index is 879. The van der Waals surface area contributed by atoms with E-state index in [2.05, 4.69) is 53.0 Å². The Balaban J connectivity index is 1.80. The molecule has 27 heavy (non-hydrogen) atoms. The van der Waals surface area contributed by atoms with Gasteiger partial charge >= 0.3 is 6.09 Å². The maximum atomic E-state index is 12.6. The molecule has 0 saturated carbocycles. The first-order chi connectivity index (χ1) is 12.6. The van der Waals surface area contributed by atoms with Crippen molar-refractivity contribution in [3.63, 3.8) is 0 Å². The summed E-state index contributed by atoms with van der Waals surface area (Å²) in [6, 6.07) is 6.34. The molecule has 1 saturated heterocycles. The molecule has 2 heterocycles. The number of hydrogen-bond acceptors (Lipinski definition) is 3. The molecule has 2 aromatic rings. The highest BCUT2D eigenvalue weighted by molar-refractivity contribution is 9.10. The summed E-state index contributed by atoms with van der Waals surface area (Å²) < 4.78 is 6.36. The third-order valence-corrected chi connectivity index (χ3v) is 5.53. The number of nitrogens with one attached hydrogen (secondary N) is 1. The predicted molar refractivity (Wildman–Crippen MR) is 110 cm³/mol. The van der Waals surface area contributed by atoms with Crippen LogP contribution in [0, 0.1) is 0 Å². The second kappa shape index (κ2) is 7.30. The largest absolute Gasteiger partial charge is 0.443 e. The van der Waals surface area contributed by atoms with E-state index in [1.807, 2.05) is 0 Å². The number of benzene rings is 1. The summed E-state index contributed by atoms with van der Waals surface area (Å²) in [5, 5.41) is 1.19. The minimum absolute atomic E-state index is 0.120. The number of carbonyl (C=O) groups excluding carboxylic acids is 2. The fourth-order valence-electron chi connectivity index (χ4n) is 3.64. The van der Waals surface area contributed by atoms with E-state index in [-0.39, 0.29) is 11.8 Å². The molecule has 3 rings (SSSR count). The Hall–Kier alpha value is -1.82. The van der Waals surface area contributed by atoms with E-state index in [0.717, 1.165) is 22.1 Å². The van der Waals surface area contributed by atoms with Crippen LogP contribution in [0.2, 0.25) is 0 Å². The molecular weight excluding hydrogens is 408 g/mol. The van der Waals surface area contributed by atoms with E-state index >= 15 is 0 Å². The highest BCUT2D eigenvalue weighted by atomic mass is 79.9. The Morgan fingerprint density at radius 2 is 2.04 bits per heavy atom. The van der Waals surface area contributed by atoms with Gasteiger partial charge in [0.25, 0.3) is 0 Å². The summed E-state index contributed by atoms with van der Waals surface area (Å²) in [6.07, 6.45) is 0.532. The Labute approximate surface area is 168 Å². The summed E-state index contributed by atoms with van der Waals surface area (Å²) in [4.78, 5) is 29.4. The maximum Gasteiger partial charge on any atom is 0.417 e. The lowest BCUT2D eigenvalue weighted by atomic mass is 9.88. The summed E-state index contributed by atoms with van der Waals surface area (Å²) in [5.74, 6) is 0.341. The quantitative estimate of drug-likeness (QED) is 0.659. The van der Waals surface area contributed by atoms with Crippen LogP contribution in [-0.4, -0.2) is 34.0 Å². The van der Waals surface area contributed by atoms with Crippen molar-refractivity contribution in [1.82, 2.24) is 9.88 Å². The number of imide groups is 1. The number of fused-ring (bicyclic) bond motifs is 1. The highest BCUT2D eigenvalue weighted by Crippen LogP contribution is 2.36. The van der Waals surface area contributed by atoms with Crippen molar-refractivity contribution >= 4 is 38.8 Å². The van der Waals surface area contributed by atoms with E-state index < -0.39 is 11.7 Å². The topological polar surface area (TPSA) is 62.4 Å². The Kier molecular flexibility index (Phi) is 5.39. The number of halogens is 1. The van der Waals surface area contributed by atoms with Crippen LogP contribution in [0.4, 0.5) is 4.79 Å². The molecule has 0 spiro atoms. The summed E-state index contributed by atoms with van der Waals surface area (Å²) in [5.41, 5.74) is 2.89. The molecule has 1 aliphatic heterocycles. The third-order valence-electron chi connectivity index (χ3n) is 4.90. The maximum absolute atomic E-state index is 12.6. The van der Waals surface area contributed by atoms with Crippen molar-refractivity contribution in [3.05, 3.63) is 33.9 Å². The molecule has 1 unspecified atom stereocenters. The van der Waals surface area contributed by atoms with Crippen molar-refractivity contribution in [2.75, 3.05) is 6.54 Å². The van der Waals surface area contributed by atoms with Crippen LogP contribution in [0.3, 0.4) is 0 Å². The van der Waals surface area contributed by atoms with E-state index in [4.69, 9.17) is 4.74 Å². The van der Waals surface area contributed by atoms with Crippen molar-refractivity contribution < 1.29 is 14.3 Å². The molecule has 0 bridgehead atoms. The number of hydrogen-bond donors (Lipinski definition) is 1. The van der Waals surface area contributed by atoms with Gasteiger partial charge in [0.1, 0.15) is 5.60 Å². The first kappa shape index (κ1) is 19.9. The number of H-pyrrole nitrogens is 1. The van der Waals surface area contributed by atoms with Gasteiger partial charge < -0.3 is 9.72 Å². The number of rotatable bonds is 2. The zero-order valence-electron chi connectivity index (χ0n) is 16.6. The molecule has 1 fully saturated rings. The van der Waals surface area contributed by atoms with Gasteiger partial charge in [-0.2, -0.15) is 0 Å². The van der Waals surface area contributed by atoms with Gasteiger partial charge in [0.05, 0.1) is 4.60 Å². The molecule has 6 heteroatoms. The van der Waals surface area contributed by atoms with Crippen LogP contribution in [0.25, 0.3) is 10.9 Å². The lowest BCUT2D eigenvalue weighted by Crippen LogP contribution is -2.44. The zero-order valence-corrected chi connectivity index (χ0v) is 18.1. The van der Waals surface area contributed by atoms with Gasteiger partial charge in [-0.15, -0.1) is 0 Å². The first-order valence-electron chi connectivity index (χ1n) is 9.41. The minimum Gasteiger partial charge on any atom is -0.443 e. The normalized spacial score (nSPS) is 18.4. The van der Waals surface area contributed by atoms with Crippen LogP contribution in [0.15, 0.2) is 22.8 Å². The van der Waals surface area contributed by atoms with Gasteiger partial charge in [-0.05, 0) is 78.2 Å². The fourth-order valence-corrected chi connectivity index (χ4v) is 4.53. The zero-order chi connectivity index (χ0) is 19.9. The monoisotopic (exact) mass is 434 g/mol. The van der Waals surface area contributed by atoms with Gasteiger partial charge in [-0.25, -0.2) is 9.69 Å². The van der Waals surface area contributed by atoms with E-state index in [9.17, 15) is 9.59 Å². The molecule has 0 radical (unpaired) electrons. The average Bonchev–Trinajstić information content (AvgIpc) is 2.87. The van der Waals surface area contributed by atoms with Crippen LogP contribution in [-0.2, 0) is 9.53 Å². The van der Waals surface area contributed by atoms with Crippen molar-refractivity contribution in [1.29, 1.82) is 0 Å². The van der Waals surface area contributed by atoms with Crippen LogP contribution < -0.4 is 0 Å². The highest BCUT2D eigenvalue weighted by Gasteiger charge is 2.33. The van der Waals surface area contributed by atoms with Gasteiger partial charge in [0.15, 0.2) is 0 Å². The number of carbonyl (C=O) groups is 2. The SMILES string of the molecule is CC(C)c1c(Br)[nH]c2ccc(C3CCN(C(=O)OC(C)(C)C)C(=O)C3)cc12. The second-order valence-corrected chi connectivity index (χ2v) is 9.32. The molecule has 1 N–H and O–H groups in total. The van der Waals surface area contributed by atoms with E-state index in [0.29, 0.717) is 18.9 Å². The first-order valence-corrected chi connectivity index (χ1v) is 10.2. The average molecular weight is 435 g/mol. The number of nitrogens with zero attached hydrogens (tertiary/aromatic N) is 1. The van der Waals surface area contributed by atoms with E-state index in [1.165, 1.54) is 15.8 Å². The molecule has 0 aliphatic carbocycles. The van der Waals surface area contributed by atoms with Crippen LogP contribution in [0.5, 0.6) is 0 Å². The van der Waals surface area contributed by atoms with Crippen LogP contribution >= 0.6 is 15.9 Å². The molecule has 1 aliphatic rings. The van der Waals surface area contributed by atoms with Gasteiger partial charge in [-0.1, -0.05) is 19.9 Å². The van der Waals surface area contributed by atoms with Gasteiger partial charge in [-0.3, -0.25) is 4.79 Å². The van der Waals surface area contributed by atoms with E-state index in [1.54, 1.807) is 20.8 Å². The smallest absolute Gasteiger partial charge is 0.417 e. The molecule has 2 amide bonds. The molecule has 1 aromatic carbocycles. The summed E-state index contributed by atoms with van der Waals surface area (Å²) in [7, 11) is 0. The Morgan fingerprint density at radius 3 is 2.63 bits per heavy atom. The van der Waals surface area contributed by atoms with Gasteiger partial charge in [0.2, 0.25) is 5.91 Å². The standard InChI is InChI=1S/C21H27BrN2O3/c1-12(2)18-15-10-13(6-7-16(15)23-19(18)22)14-8-9-24(17(25)11-14)20(26)27-21(3,4)5/h6-7,10,12,14,23H,8-9,11H2,1-5H3. The van der Waals surface area contributed by atoms with Crippen LogP contribution in [0.1, 0.15) is 70.4 Å². The summed E-state index contributed by atoms with van der Waals surface area (Å²) >= 11 is 3.62. The summed E-state index contributed by atoms with van der Waals surface area (Å²) in [6.45, 7) is 10.1.